The van der Waals surface area contributed by atoms with Gasteiger partial charge in [0.25, 0.3) is 5.91 Å². The maximum Gasteiger partial charge on any atom is 0.269 e. The molecule has 2 aromatic rings. The molecule has 0 fully saturated rings. The van der Waals surface area contributed by atoms with Gasteiger partial charge >= 0.3 is 0 Å². The molecule has 1 heterocycles. The summed E-state index contributed by atoms with van der Waals surface area (Å²) in [5.74, 6) is -0.217. The number of carbonyl (C=O) groups is 1. The minimum atomic E-state index is -0.225. The Hall–Kier alpha value is -1.95. The van der Waals surface area contributed by atoms with E-state index in [4.69, 9.17) is 5.73 Å². The molecule has 6 heteroatoms. The molecule has 0 radical (unpaired) electrons. The summed E-state index contributed by atoms with van der Waals surface area (Å²) >= 11 is 1.10. The second-order valence-corrected chi connectivity index (χ2v) is 6.45. The van der Waals surface area contributed by atoms with Crippen LogP contribution in [0.25, 0.3) is 0 Å². The van der Waals surface area contributed by atoms with E-state index in [1.165, 1.54) is 0 Å². The lowest BCUT2D eigenvalue weighted by molar-refractivity contribution is 0.102. The van der Waals surface area contributed by atoms with Crippen molar-refractivity contribution < 1.29 is 4.79 Å². The van der Waals surface area contributed by atoms with E-state index >= 15 is 0 Å². The Morgan fingerprint density at radius 3 is 2.65 bits per heavy atom. The van der Waals surface area contributed by atoms with Gasteiger partial charge in [0.05, 0.1) is 17.1 Å². The Balaban J connectivity index is 2.32. The van der Waals surface area contributed by atoms with Crippen LogP contribution in [0.15, 0.2) is 18.2 Å². The highest BCUT2D eigenvalue weighted by atomic mass is 32.1. The zero-order valence-corrected chi connectivity index (χ0v) is 12.8. The van der Waals surface area contributed by atoms with Crippen molar-refractivity contribution in [1.82, 2.24) is 9.59 Å². The second kappa shape index (κ2) is 5.20. The average Bonchev–Trinajstić information content (AvgIpc) is 2.82. The van der Waals surface area contributed by atoms with E-state index in [0.29, 0.717) is 21.9 Å². The summed E-state index contributed by atoms with van der Waals surface area (Å²) in [6.07, 6.45) is 0. The number of rotatable bonds is 2. The molecule has 1 amide bonds. The lowest BCUT2D eigenvalue weighted by atomic mass is 9.91. The number of nitrogens with one attached hydrogen (secondary N) is 1. The topological polar surface area (TPSA) is 80.9 Å². The number of para-hydroxylation sites is 1. The molecule has 0 spiro atoms. The number of carbonyl (C=O) groups excluding carboxylic acids is 1. The Morgan fingerprint density at radius 1 is 1.35 bits per heavy atom. The standard InChI is InChI=1S/C14H18N4OS/c1-8-6-5-7-9(15)10(8)16-13(19)11-12(14(2,3)4)17-18-20-11/h5-7H,15H2,1-4H3,(H,16,19). The summed E-state index contributed by atoms with van der Waals surface area (Å²) in [5, 5.41) is 6.93. The van der Waals surface area contributed by atoms with E-state index in [1.807, 2.05) is 39.8 Å². The summed E-state index contributed by atoms with van der Waals surface area (Å²) in [6.45, 7) is 7.91. The monoisotopic (exact) mass is 290 g/mol. The molecule has 0 saturated heterocycles. The molecule has 1 aromatic heterocycles. The van der Waals surface area contributed by atoms with Crippen molar-refractivity contribution in [3.05, 3.63) is 34.3 Å². The fraction of sp³-hybridized carbons (Fsp3) is 0.357. The molecule has 0 aliphatic heterocycles. The third-order valence-corrected chi connectivity index (χ3v) is 3.67. The zero-order chi connectivity index (χ0) is 14.9. The summed E-state index contributed by atoms with van der Waals surface area (Å²) in [4.78, 5) is 12.9. The fourth-order valence-corrected chi connectivity index (χ4v) is 2.63. The van der Waals surface area contributed by atoms with Gasteiger partial charge in [-0.3, -0.25) is 4.79 Å². The van der Waals surface area contributed by atoms with Crippen molar-refractivity contribution in [3.63, 3.8) is 0 Å². The van der Waals surface area contributed by atoms with Crippen molar-refractivity contribution in [2.45, 2.75) is 33.1 Å². The number of aryl methyl sites for hydroxylation is 1. The van der Waals surface area contributed by atoms with Gasteiger partial charge in [0, 0.05) is 5.41 Å². The van der Waals surface area contributed by atoms with Crippen molar-refractivity contribution in [2.24, 2.45) is 0 Å². The number of anilines is 2. The predicted molar refractivity (Wildman–Crippen MR) is 82.2 cm³/mol. The molecule has 5 nitrogen and oxygen atoms in total. The summed E-state index contributed by atoms with van der Waals surface area (Å²) in [7, 11) is 0. The van der Waals surface area contributed by atoms with Crippen LogP contribution < -0.4 is 11.1 Å². The van der Waals surface area contributed by atoms with Crippen LogP contribution in [-0.4, -0.2) is 15.5 Å². The van der Waals surface area contributed by atoms with Gasteiger partial charge in [-0.05, 0) is 30.1 Å². The van der Waals surface area contributed by atoms with E-state index in [-0.39, 0.29) is 11.3 Å². The van der Waals surface area contributed by atoms with Crippen molar-refractivity contribution in [2.75, 3.05) is 11.1 Å². The van der Waals surface area contributed by atoms with Crippen LogP contribution in [0.1, 0.15) is 41.7 Å². The quantitative estimate of drug-likeness (QED) is 0.833. The van der Waals surface area contributed by atoms with Crippen LogP contribution in [0.2, 0.25) is 0 Å². The van der Waals surface area contributed by atoms with Gasteiger partial charge in [-0.1, -0.05) is 37.4 Å². The largest absolute Gasteiger partial charge is 0.397 e. The molecule has 2 rings (SSSR count). The molecule has 3 N–H and O–H groups in total. The predicted octanol–water partition coefficient (Wildman–Crippen LogP) is 2.98. The summed E-state index contributed by atoms with van der Waals surface area (Å²) < 4.78 is 3.90. The number of aromatic nitrogens is 2. The van der Waals surface area contributed by atoms with Crippen LogP contribution in [0.4, 0.5) is 11.4 Å². The average molecular weight is 290 g/mol. The molecule has 106 valence electrons. The normalized spacial score (nSPS) is 11.4. The highest BCUT2D eigenvalue weighted by molar-refractivity contribution is 7.08. The Morgan fingerprint density at radius 2 is 2.05 bits per heavy atom. The minimum Gasteiger partial charge on any atom is -0.397 e. The number of nitrogen functional groups attached to an aromatic ring is 1. The lowest BCUT2D eigenvalue weighted by Gasteiger charge is -2.17. The number of hydrogen-bond acceptors (Lipinski definition) is 5. The Labute approximate surface area is 122 Å². The molecule has 20 heavy (non-hydrogen) atoms. The van der Waals surface area contributed by atoms with Gasteiger partial charge in [-0.15, -0.1) is 5.10 Å². The molecule has 0 saturated carbocycles. The number of amides is 1. The Kier molecular flexibility index (Phi) is 3.76. The third kappa shape index (κ3) is 2.80. The summed E-state index contributed by atoms with van der Waals surface area (Å²) in [5.41, 5.74) is 8.50. The first-order valence-corrected chi connectivity index (χ1v) is 7.07. The molecule has 0 unspecified atom stereocenters. The van der Waals surface area contributed by atoms with Gasteiger partial charge in [0.15, 0.2) is 0 Å². The van der Waals surface area contributed by atoms with Crippen molar-refractivity contribution in [1.29, 1.82) is 0 Å². The lowest BCUT2D eigenvalue weighted by Crippen LogP contribution is -2.20. The molecule has 1 aromatic carbocycles. The Bertz CT molecular complexity index is 623. The highest BCUT2D eigenvalue weighted by Crippen LogP contribution is 2.28. The van der Waals surface area contributed by atoms with E-state index in [9.17, 15) is 4.79 Å². The first-order chi connectivity index (χ1) is 9.30. The van der Waals surface area contributed by atoms with Crippen LogP contribution >= 0.6 is 11.5 Å². The van der Waals surface area contributed by atoms with E-state index < -0.39 is 0 Å². The third-order valence-electron chi connectivity index (χ3n) is 2.95. The number of hydrogen-bond donors (Lipinski definition) is 2. The molecular formula is C14H18N4OS. The first-order valence-electron chi connectivity index (χ1n) is 6.30. The number of benzene rings is 1. The SMILES string of the molecule is Cc1cccc(N)c1NC(=O)c1snnc1C(C)(C)C. The van der Waals surface area contributed by atoms with Gasteiger partial charge < -0.3 is 11.1 Å². The van der Waals surface area contributed by atoms with Crippen LogP contribution in [0.3, 0.4) is 0 Å². The molecule has 0 atom stereocenters. The number of nitrogens with zero attached hydrogens (tertiary/aromatic N) is 2. The maximum absolute atomic E-state index is 12.4. The van der Waals surface area contributed by atoms with E-state index in [0.717, 1.165) is 17.1 Å². The smallest absolute Gasteiger partial charge is 0.269 e. The van der Waals surface area contributed by atoms with Gasteiger partial charge in [0.2, 0.25) is 0 Å². The highest BCUT2D eigenvalue weighted by Gasteiger charge is 2.26. The molecular weight excluding hydrogens is 272 g/mol. The van der Waals surface area contributed by atoms with Crippen molar-refractivity contribution >= 4 is 28.8 Å². The molecule has 0 aliphatic rings. The maximum atomic E-state index is 12.4. The van der Waals surface area contributed by atoms with E-state index in [1.54, 1.807) is 6.07 Å². The minimum absolute atomic E-state index is 0.217. The summed E-state index contributed by atoms with van der Waals surface area (Å²) in [6, 6.07) is 5.52. The second-order valence-electron chi connectivity index (χ2n) is 5.69. The first kappa shape index (κ1) is 14.5. The van der Waals surface area contributed by atoms with Crippen molar-refractivity contribution in [3.8, 4) is 0 Å². The fourth-order valence-electron chi connectivity index (χ4n) is 1.86. The van der Waals surface area contributed by atoms with Gasteiger partial charge in [-0.25, -0.2) is 0 Å². The number of nitrogens with two attached hydrogens (primary N) is 1. The molecule has 0 aliphatic carbocycles. The van der Waals surface area contributed by atoms with Crippen LogP contribution in [-0.2, 0) is 5.41 Å². The van der Waals surface area contributed by atoms with Crippen LogP contribution in [0, 0.1) is 6.92 Å². The van der Waals surface area contributed by atoms with Crippen LogP contribution in [0.5, 0.6) is 0 Å². The zero-order valence-electron chi connectivity index (χ0n) is 12.0. The van der Waals surface area contributed by atoms with E-state index in [2.05, 4.69) is 14.9 Å². The van der Waals surface area contributed by atoms with Gasteiger partial charge in [-0.2, -0.15) is 0 Å². The molecule has 0 bridgehead atoms. The van der Waals surface area contributed by atoms with Gasteiger partial charge in [0.1, 0.15) is 4.88 Å².